The summed E-state index contributed by atoms with van der Waals surface area (Å²) < 4.78 is 29.8. The van der Waals surface area contributed by atoms with E-state index in [2.05, 4.69) is 0 Å². The Labute approximate surface area is 204 Å². The maximum Gasteiger partial charge on any atom is 0.266 e. The molecule has 0 aliphatic carbocycles. The van der Waals surface area contributed by atoms with Gasteiger partial charge in [0.2, 0.25) is 10.0 Å². The van der Waals surface area contributed by atoms with Crippen molar-refractivity contribution in [2.45, 2.75) is 38.1 Å². The summed E-state index contributed by atoms with van der Waals surface area (Å²) in [6.07, 6.45) is 0.416. The molecule has 0 N–H and O–H groups in total. The smallest absolute Gasteiger partial charge is 0.266 e. The summed E-state index contributed by atoms with van der Waals surface area (Å²) in [6, 6.07) is 18.3. The molecule has 1 heterocycles. The standard InChI is InChI=1S/C26H26ClN3O3S/c1-5-23(29(4)34(32,33)20-13-11-19(27)12-14-20)25-28-22-9-7-6-8-21(22)26(31)30(25)24-15-10-17(2)16-18(24)3/h6-16,23H,5H2,1-4H3. The third-order valence-corrected chi connectivity index (χ3v) is 8.14. The Bertz CT molecular complexity index is 1530. The van der Waals surface area contributed by atoms with Crippen LogP contribution in [0.5, 0.6) is 0 Å². The minimum absolute atomic E-state index is 0.124. The van der Waals surface area contributed by atoms with Crippen molar-refractivity contribution in [3.05, 3.63) is 99.1 Å². The first-order chi connectivity index (χ1) is 16.1. The molecular weight excluding hydrogens is 470 g/mol. The van der Waals surface area contributed by atoms with E-state index in [0.717, 1.165) is 11.1 Å². The second kappa shape index (κ2) is 9.33. The van der Waals surface area contributed by atoms with E-state index in [0.29, 0.717) is 33.9 Å². The molecule has 1 atom stereocenters. The van der Waals surface area contributed by atoms with E-state index in [4.69, 9.17) is 16.6 Å². The fraction of sp³-hybridized carbons (Fsp3) is 0.231. The van der Waals surface area contributed by atoms with Crippen LogP contribution in [0.15, 0.2) is 76.4 Å². The molecule has 34 heavy (non-hydrogen) atoms. The van der Waals surface area contributed by atoms with Gasteiger partial charge in [0.05, 0.1) is 27.5 Å². The van der Waals surface area contributed by atoms with Crippen LogP contribution in [0.2, 0.25) is 5.02 Å². The first kappa shape index (κ1) is 24.1. The lowest BCUT2D eigenvalue weighted by molar-refractivity contribution is 0.347. The van der Waals surface area contributed by atoms with Crippen molar-refractivity contribution in [1.29, 1.82) is 0 Å². The molecule has 0 bridgehead atoms. The SMILES string of the molecule is CCC(c1nc2ccccc2c(=O)n1-c1ccc(C)cc1C)N(C)S(=O)(=O)c1ccc(Cl)cc1. The molecule has 8 heteroatoms. The summed E-state index contributed by atoms with van der Waals surface area (Å²) in [5.74, 6) is 0.373. The number of rotatable bonds is 6. The maximum absolute atomic E-state index is 13.7. The molecule has 6 nitrogen and oxygen atoms in total. The molecule has 0 aliphatic heterocycles. The first-order valence-electron chi connectivity index (χ1n) is 11.0. The van der Waals surface area contributed by atoms with Crippen LogP contribution in [-0.4, -0.2) is 29.3 Å². The minimum atomic E-state index is -3.88. The molecule has 1 aromatic heterocycles. The van der Waals surface area contributed by atoms with Crippen LogP contribution in [0.3, 0.4) is 0 Å². The lowest BCUT2D eigenvalue weighted by Crippen LogP contribution is -2.36. The van der Waals surface area contributed by atoms with Gasteiger partial charge < -0.3 is 0 Å². The molecule has 0 fully saturated rings. The van der Waals surface area contributed by atoms with Gasteiger partial charge >= 0.3 is 0 Å². The zero-order valence-electron chi connectivity index (χ0n) is 19.5. The summed E-state index contributed by atoms with van der Waals surface area (Å²) >= 11 is 5.96. The molecule has 0 radical (unpaired) electrons. The summed E-state index contributed by atoms with van der Waals surface area (Å²) in [4.78, 5) is 18.7. The monoisotopic (exact) mass is 495 g/mol. The van der Waals surface area contributed by atoms with Crippen molar-refractivity contribution in [3.63, 3.8) is 0 Å². The van der Waals surface area contributed by atoms with Crippen LogP contribution in [0.1, 0.15) is 36.3 Å². The van der Waals surface area contributed by atoms with Crippen molar-refractivity contribution in [2.24, 2.45) is 0 Å². The Morgan fingerprint density at radius 1 is 1.03 bits per heavy atom. The average Bonchev–Trinajstić information content (AvgIpc) is 2.81. The number of aryl methyl sites for hydroxylation is 2. The molecule has 0 amide bonds. The lowest BCUT2D eigenvalue weighted by atomic mass is 10.1. The van der Waals surface area contributed by atoms with Gasteiger partial charge in [0.15, 0.2) is 0 Å². The van der Waals surface area contributed by atoms with Crippen LogP contribution in [0, 0.1) is 13.8 Å². The van der Waals surface area contributed by atoms with Crippen LogP contribution in [0.4, 0.5) is 0 Å². The van der Waals surface area contributed by atoms with E-state index in [1.54, 1.807) is 34.9 Å². The Kier molecular flexibility index (Phi) is 6.62. The third kappa shape index (κ3) is 4.27. The number of para-hydroxylation sites is 1. The van der Waals surface area contributed by atoms with E-state index >= 15 is 0 Å². The molecule has 176 valence electrons. The normalized spacial score (nSPS) is 12.9. The number of hydrogen-bond acceptors (Lipinski definition) is 4. The highest BCUT2D eigenvalue weighted by molar-refractivity contribution is 7.89. The van der Waals surface area contributed by atoms with Crippen molar-refractivity contribution >= 4 is 32.5 Å². The third-order valence-electron chi connectivity index (χ3n) is 6.01. The van der Waals surface area contributed by atoms with Gasteiger partial charge in [-0.1, -0.05) is 48.4 Å². The van der Waals surface area contributed by atoms with Gasteiger partial charge in [-0.15, -0.1) is 0 Å². The average molecular weight is 496 g/mol. The fourth-order valence-electron chi connectivity index (χ4n) is 4.21. The molecule has 0 saturated carbocycles. The number of fused-ring (bicyclic) bond motifs is 1. The summed E-state index contributed by atoms with van der Waals surface area (Å²) in [6.45, 7) is 5.80. The second-order valence-electron chi connectivity index (χ2n) is 8.32. The van der Waals surface area contributed by atoms with E-state index in [9.17, 15) is 13.2 Å². The molecule has 4 rings (SSSR count). The van der Waals surface area contributed by atoms with Crippen molar-refractivity contribution in [1.82, 2.24) is 13.9 Å². The Balaban J connectivity index is 1.98. The van der Waals surface area contributed by atoms with Gasteiger partial charge in [0.1, 0.15) is 5.82 Å². The van der Waals surface area contributed by atoms with Crippen LogP contribution in [-0.2, 0) is 10.0 Å². The Hall–Kier alpha value is -3.00. The largest absolute Gasteiger partial charge is 0.268 e. The predicted octanol–water partition coefficient (Wildman–Crippen LogP) is 5.43. The van der Waals surface area contributed by atoms with Gasteiger partial charge in [-0.2, -0.15) is 4.31 Å². The minimum Gasteiger partial charge on any atom is -0.268 e. The molecule has 0 spiro atoms. The number of nitrogens with zero attached hydrogens (tertiary/aromatic N) is 3. The Morgan fingerprint density at radius 3 is 2.35 bits per heavy atom. The number of benzene rings is 3. The van der Waals surface area contributed by atoms with Crippen molar-refractivity contribution < 1.29 is 8.42 Å². The number of sulfonamides is 1. The summed E-state index contributed by atoms with van der Waals surface area (Å²) in [7, 11) is -2.36. The van der Waals surface area contributed by atoms with E-state index in [1.807, 2.05) is 45.0 Å². The maximum atomic E-state index is 13.7. The zero-order valence-corrected chi connectivity index (χ0v) is 21.1. The number of hydrogen-bond donors (Lipinski definition) is 0. The second-order valence-corrected chi connectivity index (χ2v) is 10.8. The van der Waals surface area contributed by atoms with Crippen molar-refractivity contribution in [3.8, 4) is 5.69 Å². The summed E-state index contributed by atoms with van der Waals surface area (Å²) in [5.41, 5.74) is 2.94. The highest BCUT2D eigenvalue weighted by atomic mass is 35.5. The van der Waals surface area contributed by atoms with Gasteiger partial charge in [0, 0.05) is 12.1 Å². The van der Waals surface area contributed by atoms with Gasteiger partial charge in [-0.25, -0.2) is 13.4 Å². The quantitative estimate of drug-likeness (QED) is 0.357. The number of halogens is 1. The Morgan fingerprint density at radius 2 is 1.71 bits per heavy atom. The molecule has 3 aromatic carbocycles. The van der Waals surface area contributed by atoms with Gasteiger partial charge in [0.25, 0.3) is 5.56 Å². The van der Waals surface area contributed by atoms with Gasteiger partial charge in [-0.05, 0) is 68.3 Å². The van der Waals surface area contributed by atoms with E-state index in [-0.39, 0.29) is 10.5 Å². The number of aromatic nitrogens is 2. The predicted molar refractivity (Wildman–Crippen MR) is 136 cm³/mol. The fourth-order valence-corrected chi connectivity index (χ4v) is 5.72. The summed E-state index contributed by atoms with van der Waals surface area (Å²) in [5, 5.41) is 0.929. The highest BCUT2D eigenvalue weighted by Gasteiger charge is 2.32. The van der Waals surface area contributed by atoms with Crippen LogP contribution < -0.4 is 5.56 Å². The lowest BCUT2D eigenvalue weighted by Gasteiger charge is -2.29. The van der Waals surface area contributed by atoms with E-state index < -0.39 is 16.1 Å². The molecule has 1 unspecified atom stereocenters. The first-order valence-corrected chi connectivity index (χ1v) is 12.8. The molecule has 4 aromatic rings. The molecular formula is C26H26ClN3O3S. The van der Waals surface area contributed by atoms with Crippen LogP contribution in [0.25, 0.3) is 16.6 Å². The molecule has 0 aliphatic rings. The zero-order chi connectivity index (χ0) is 24.6. The topological polar surface area (TPSA) is 72.3 Å². The van der Waals surface area contributed by atoms with Gasteiger partial charge in [-0.3, -0.25) is 9.36 Å². The van der Waals surface area contributed by atoms with Crippen LogP contribution >= 0.6 is 11.6 Å². The highest BCUT2D eigenvalue weighted by Crippen LogP contribution is 2.30. The van der Waals surface area contributed by atoms with Crippen molar-refractivity contribution in [2.75, 3.05) is 7.05 Å². The molecule has 0 saturated heterocycles. The van der Waals surface area contributed by atoms with E-state index in [1.165, 1.54) is 23.5 Å².